The summed E-state index contributed by atoms with van der Waals surface area (Å²) >= 11 is 3.47. The number of benzene rings is 1. The zero-order chi connectivity index (χ0) is 14.5. The summed E-state index contributed by atoms with van der Waals surface area (Å²) in [7, 11) is 0. The Kier molecular flexibility index (Phi) is 4.63. The van der Waals surface area contributed by atoms with Gasteiger partial charge in [-0.25, -0.2) is 4.98 Å². The molecule has 0 aliphatic carbocycles. The molecule has 0 bridgehead atoms. The molecular formula is C15H16BrN3O. The van der Waals surface area contributed by atoms with Crippen molar-refractivity contribution in [2.24, 2.45) is 0 Å². The third-order valence-corrected chi connectivity index (χ3v) is 3.36. The summed E-state index contributed by atoms with van der Waals surface area (Å²) in [5, 5.41) is 0. The number of halogens is 1. The van der Waals surface area contributed by atoms with Crippen LogP contribution in [0.3, 0.4) is 0 Å². The largest absolute Gasteiger partial charge is 0.489 e. The lowest BCUT2D eigenvalue weighted by atomic mass is 10.0. The summed E-state index contributed by atoms with van der Waals surface area (Å²) in [6.07, 6.45) is 4.00. The molecule has 2 rings (SSSR count). The van der Waals surface area contributed by atoms with Gasteiger partial charge in [0.05, 0.1) is 5.69 Å². The molecule has 0 atom stereocenters. The third-order valence-electron chi connectivity index (χ3n) is 2.87. The molecule has 0 aliphatic heterocycles. The Bertz CT molecular complexity index is 629. The second-order valence-corrected chi connectivity index (χ2v) is 5.21. The standard InChI is InChI=1S/C15H16BrN3O/c1-2-7-20-13-4-3-12(16)9-11(13)8-10-5-6-19-15(18)14(10)17/h2-6,9H,1,7-8,17H2,(H2,18,19). The van der Waals surface area contributed by atoms with Gasteiger partial charge in [0.2, 0.25) is 0 Å². The smallest absolute Gasteiger partial charge is 0.146 e. The summed E-state index contributed by atoms with van der Waals surface area (Å²) < 4.78 is 6.64. The minimum absolute atomic E-state index is 0.353. The Morgan fingerprint density at radius 2 is 2.05 bits per heavy atom. The number of hydrogen-bond donors (Lipinski definition) is 2. The lowest BCUT2D eigenvalue weighted by Gasteiger charge is -2.12. The fraction of sp³-hybridized carbons (Fsp3) is 0.133. The molecule has 104 valence electrons. The molecule has 0 saturated heterocycles. The lowest BCUT2D eigenvalue weighted by Crippen LogP contribution is -2.04. The fourth-order valence-corrected chi connectivity index (χ4v) is 2.27. The van der Waals surface area contributed by atoms with Crippen LogP contribution in [0.5, 0.6) is 5.75 Å². The number of nitrogens with zero attached hydrogens (tertiary/aromatic N) is 1. The second kappa shape index (κ2) is 6.43. The van der Waals surface area contributed by atoms with Gasteiger partial charge in [0.15, 0.2) is 0 Å². The lowest BCUT2D eigenvalue weighted by molar-refractivity contribution is 0.359. The van der Waals surface area contributed by atoms with Crippen LogP contribution in [0.2, 0.25) is 0 Å². The first-order valence-corrected chi connectivity index (χ1v) is 6.92. The Labute approximate surface area is 126 Å². The van der Waals surface area contributed by atoms with Gasteiger partial charge in [-0.3, -0.25) is 0 Å². The Morgan fingerprint density at radius 3 is 2.80 bits per heavy atom. The van der Waals surface area contributed by atoms with Crippen LogP contribution in [-0.4, -0.2) is 11.6 Å². The van der Waals surface area contributed by atoms with E-state index in [4.69, 9.17) is 16.2 Å². The predicted octanol–water partition coefficient (Wildman–Crippen LogP) is 3.16. The summed E-state index contributed by atoms with van der Waals surface area (Å²) in [4.78, 5) is 3.97. The van der Waals surface area contributed by atoms with Crippen molar-refractivity contribution in [2.45, 2.75) is 6.42 Å². The number of rotatable bonds is 5. The van der Waals surface area contributed by atoms with Gasteiger partial charge in [-0.1, -0.05) is 28.6 Å². The Morgan fingerprint density at radius 1 is 1.25 bits per heavy atom. The molecule has 1 aromatic carbocycles. The van der Waals surface area contributed by atoms with Crippen molar-refractivity contribution >= 4 is 27.4 Å². The number of nitrogens with two attached hydrogens (primary N) is 2. The maximum Gasteiger partial charge on any atom is 0.146 e. The van der Waals surface area contributed by atoms with Gasteiger partial charge in [0, 0.05) is 17.1 Å². The number of aromatic nitrogens is 1. The number of ether oxygens (including phenoxy) is 1. The van der Waals surface area contributed by atoms with E-state index in [-0.39, 0.29) is 0 Å². The van der Waals surface area contributed by atoms with Crippen molar-refractivity contribution in [1.82, 2.24) is 4.98 Å². The monoisotopic (exact) mass is 333 g/mol. The first-order valence-electron chi connectivity index (χ1n) is 6.12. The summed E-state index contributed by atoms with van der Waals surface area (Å²) in [6.45, 7) is 4.11. The Hall–Kier alpha value is -2.01. The topological polar surface area (TPSA) is 74.2 Å². The normalized spacial score (nSPS) is 10.2. The highest BCUT2D eigenvalue weighted by Crippen LogP contribution is 2.28. The SMILES string of the molecule is C=CCOc1ccc(Br)cc1Cc1ccnc(N)c1N. The first-order chi connectivity index (χ1) is 9.61. The molecule has 0 aliphatic rings. The van der Waals surface area contributed by atoms with Crippen LogP contribution in [0, 0.1) is 0 Å². The molecule has 4 N–H and O–H groups in total. The van der Waals surface area contributed by atoms with Gasteiger partial charge in [0.1, 0.15) is 18.2 Å². The van der Waals surface area contributed by atoms with E-state index in [0.717, 1.165) is 21.3 Å². The number of hydrogen-bond acceptors (Lipinski definition) is 4. The van der Waals surface area contributed by atoms with Crippen molar-refractivity contribution in [3.63, 3.8) is 0 Å². The van der Waals surface area contributed by atoms with E-state index in [9.17, 15) is 0 Å². The van der Waals surface area contributed by atoms with Crippen LogP contribution >= 0.6 is 15.9 Å². The second-order valence-electron chi connectivity index (χ2n) is 4.30. The molecule has 0 radical (unpaired) electrons. The quantitative estimate of drug-likeness (QED) is 0.824. The van der Waals surface area contributed by atoms with Crippen molar-refractivity contribution in [3.8, 4) is 5.75 Å². The highest BCUT2D eigenvalue weighted by molar-refractivity contribution is 9.10. The van der Waals surface area contributed by atoms with E-state index in [1.54, 1.807) is 12.3 Å². The van der Waals surface area contributed by atoms with Gasteiger partial charge >= 0.3 is 0 Å². The van der Waals surface area contributed by atoms with Gasteiger partial charge in [-0.2, -0.15) is 0 Å². The molecule has 0 amide bonds. The van der Waals surface area contributed by atoms with E-state index in [1.807, 2.05) is 24.3 Å². The molecule has 1 heterocycles. The molecular weight excluding hydrogens is 318 g/mol. The average molecular weight is 334 g/mol. The zero-order valence-electron chi connectivity index (χ0n) is 11.0. The van der Waals surface area contributed by atoms with Crippen LogP contribution < -0.4 is 16.2 Å². The van der Waals surface area contributed by atoms with Crippen molar-refractivity contribution in [1.29, 1.82) is 0 Å². The van der Waals surface area contributed by atoms with E-state index in [0.29, 0.717) is 24.5 Å². The van der Waals surface area contributed by atoms with Crippen LogP contribution in [0.25, 0.3) is 0 Å². The molecule has 4 nitrogen and oxygen atoms in total. The van der Waals surface area contributed by atoms with Crippen molar-refractivity contribution in [2.75, 3.05) is 18.1 Å². The number of anilines is 2. The minimum Gasteiger partial charge on any atom is -0.489 e. The molecule has 0 spiro atoms. The van der Waals surface area contributed by atoms with Crippen LogP contribution in [0.4, 0.5) is 11.5 Å². The molecule has 0 unspecified atom stereocenters. The first kappa shape index (κ1) is 14.4. The molecule has 0 saturated carbocycles. The van der Waals surface area contributed by atoms with Crippen LogP contribution in [0.15, 0.2) is 47.6 Å². The Balaban J connectivity index is 2.34. The van der Waals surface area contributed by atoms with Gasteiger partial charge in [-0.05, 0) is 35.4 Å². The van der Waals surface area contributed by atoms with E-state index in [1.165, 1.54) is 0 Å². The molecule has 5 heteroatoms. The molecule has 2 aromatic rings. The van der Waals surface area contributed by atoms with Gasteiger partial charge in [0.25, 0.3) is 0 Å². The van der Waals surface area contributed by atoms with E-state index in [2.05, 4.69) is 27.5 Å². The van der Waals surface area contributed by atoms with Crippen LogP contribution in [-0.2, 0) is 6.42 Å². The summed E-state index contributed by atoms with van der Waals surface area (Å²) in [6, 6.07) is 7.73. The predicted molar refractivity (Wildman–Crippen MR) is 85.7 cm³/mol. The maximum absolute atomic E-state index is 5.96. The molecule has 0 fully saturated rings. The van der Waals surface area contributed by atoms with Gasteiger partial charge < -0.3 is 16.2 Å². The van der Waals surface area contributed by atoms with Crippen LogP contribution in [0.1, 0.15) is 11.1 Å². The number of pyridine rings is 1. The minimum atomic E-state index is 0.353. The van der Waals surface area contributed by atoms with Crippen molar-refractivity contribution in [3.05, 3.63) is 58.7 Å². The summed E-state index contributed by atoms with van der Waals surface area (Å²) in [5.74, 6) is 1.16. The van der Waals surface area contributed by atoms with Crippen molar-refractivity contribution < 1.29 is 4.74 Å². The highest BCUT2D eigenvalue weighted by Gasteiger charge is 2.09. The highest BCUT2D eigenvalue weighted by atomic mass is 79.9. The molecule has 1 aromatic heterocycles. The maximum atomic E-state index is 5.96. The van der Waals surface area contributed by atoms with Gasteiger partial charge in [-0.15, -0.1) is 0 Å². The average Bonchev–Trinajstić information content (AvgIpc) is 2.43. The fourth-order valence-electron chi connectivity index (χ4n) is 1.87. The zero-order valence-corrected chi connectivity index (χ0v) is 12.6. The van der Waals surface area contributed by atoms with E-state index < -0.39 is 0 Å². The third kappa shape index (κ3) is 3.30. The van der Waals surface area contributed by atoms with E-state index >= 15 is 0 Å². The number of nitrogen functional groups attached to an aromatic ring is 2. The summed E-state index contributed by atoms with van der Waals surface area (Å²) in [5.41, 5.74) is 14.2. The molecule has 20 heavy (non-hydrogen) atoms.